The van der Waals surface area contributed by atoms with Crippen molar-refractivity contribution in [2.24, 2.45) is 0 Å². The first-order valence-corrected chi connectivity index (χ1v) is 7.25. The highest BCUT2D eigenvalue weighted by Gasteiger charge is 2.22. The number of nitrogens with zero attached hydrogens (tertiary/aromatic N) is 3. The molecule has 4 rings (SSSR count). The maximum absolute atomic E-state index is 10.9. The van der Waals surface area contributed by atoms with Gasteiger partial charge in [-0.25, -0.2) is 4.79 Å². The number of benzene rings is 1. The fraction of sp³-hybridized carbons (Fsp3) is 0.214. The maximum Gasteiger partial charge on any atom is 0.335 e. The summed E-state index contributed by atoms with van der Waals surface area (Å²) in [6, 6.07) is 6.79. The van der Waals surface area contributed by atoms with Crippen LogP contribution in [0.1, 0.15) is 27.3 Å². The summed E-state index contributed by atoms with van der Waals surface area (Å²) in [7, 11) is 0. The van der Waals surface area contributed by atoms with Crippen molar-refractivity contribution in [2.75, 3.05) is 0 Å². The Balaban J connectivity index is 1.87. The summed E-state index contributed by atoms with van der Waals surface area (Å²) in [6.45, 7) is 0. The van der Waals surface area contributed by atoms with E-state index in [4.69, 9.17) is 5.11 Å². The quantitative estimate of drug-likeness (QED) is 0.786. The second-order valence-corrected chi connectivity index (χ2v) is 5.91. The Morgan fingerprint density at radius 1 is 1.20 bits per heavy atom. The summed E-state index contributed by atoms with van der Waals surface area (Å²) < 4.78 is 2.11. The van der Waals surface area contributed by atoms with Gasteiger partial charge < -0.3 is 5.11 Å². The topological polar surface area (TPSA) is 67.5 Å². The van der Waals surface area contributed by atoms with Crippen LogP contribution >= 0.6 is 11.3 Å². The van der Waals surface area contributed by atoms with E-state index < -0.39 is 5.97 Å². The lowest BCUT2D eigenvalue weighted by molar-refractivity contribution is 0.0697. The number of aromatic carboxylic acids is 1. The third-order valence-electron chi connectivity index (χ3n) is 3.65. The van der Waals surface area contributed by atoms with Crippen molar-refractivity contribution in [3.8, 4) is 11.4 Å². The molecular weight excluding hydrogens is 274 g/mol. The zero-order chi connectivity index (χ0) is 13.7. The number of carboxylic acid groups (broad SMARTS) is 1. The Bertz CT molecular complexity index is 817. The van der Waals surface area contributed by atoms with E-state index in [0.29, 0.717) is 0 Å². The third kappa shape index (κ3) is 1.58. The Labute approximate surface area is 118 Å². The van der Waals surface area contributed by atoms with Crippen LogP contribution in [0.4, 0.5) is 0 Å². The minimum atomic E-state index is -0.917. The van der Waals surface area contributed by atoms with E-state index in [-0.39, 0.29) is 5.56 Å². The molecule has 1 aliphatic rings. The fourth-order valence-corrected chi connectivity index (χ4v) is 3.83. The number of fused-ring (bicyclic) bond motifs is 3. The Hall–Kier alpha value is -2.21. The van der Waals surface area contributed by atoms with Crippen LogP contribution in [-0.4, -0.2) is 25.7 Å². The monoisotopic (exact) mass is 285 g/mol. The van der Waals surface area contributed by atoms with E-state index >= 15 is 0 Å². The van der Waals surface area contributed by atoms with E-state index in [0.717, 1.165) is 29.2 Å². The molecule has 0 fully saturated rings. The van der Waals surface area contributed by atoms with Gasteiger partial charge in [-0.05, 0) is 31.4 Å². The molecule has 100 valence electrons. The lowest BCUT2D eigenvalue weighted by atomic mass is 10.1. The number of hydrogen-bond acceptors (Lipinski definition) is 4. The highest BCUT2D eigenvalue weighted by molar-refractivity contribution is 7.17. The summed E-state index contributed by atoms with van der Waals surface area (Å²) in [6.07, 6.45) is 3.38. The van der Waals surface area contributed by atoms with Crippen LogP contribution in [0.25, 0.3) is 16.3 Å². The smallest absolute Gasteiger partial charge is 0.335 e. The van der Waals surface area contributed by atoms with E-state index in [1.165, 1.54) is 17.0 Å². The zero-order valence-corrected chi connectivity index (χ0v) is 11.4. The number of rotatable bonds is 2. The average Bonchev–Trinajstić information content (AvgIpc) is 3.10. The molecule has 0 bridgehead atoms. The van der Waals surface area contributed by atoms with Gasteiger partial charge in [-0.2, -0.15) is 0 Å². The zero-order valence-electron chi connectivity index (χ0n) is 10.5. The molecular formula is C14H11N3O2S. The highest BCUT2D eigenvalue weighted by atomic mass is 32.1. The minimum absolute atomic E-state index is 0.282. The number of aromatic nitrogens is 3. The first kappa shape index (κ1) is 11.6. The van der Waals surface area contributed by atoms with Crippen molar-refractivity contribution in [2.45, 2.75) is 19.3 Å². The van der Waals surface area contributed by atoms with E-state index in [1.54, 1.807) is 35.6 Å². The van der Waals surface area contributed by atoms with Crippen molar-refractivity contribution in [1.82, 2.24) is 14.6 Å². The molecule has 1 N–H and O–H groups in total. The van der Waals surface area contributed by atoms with Crippen molar-refractivity contribution in [1.29, 1.82) is 0 Å². The molecule has 6 heteroatoms. The molecule has 0 spiro atoms. The van der Waals surface area contributed by atoms with Crippen LogP contribution in [0.2, 0.25) is 0 Å². The van der Waals surface area contributed by atoms with Gasteiger partial charge in [0.2, 0.25) is 4.96 Å². The van der Waals surface area contributed by atoms with Gasteiger partial charge in [0.1, 0.15) is 0 Å². The van der Waals surface area contributed by atoms with Crippen LogP contribution in [0.3, 0.4) is 0 Å². The number of aryl methyl sites for hydroxylation is 2. The van der Waals surface area contributed by atoms with Gasteiger partial charge >= 0.3 is 5.97 Å². The Kier molecular flexibility index (Phi) is 2.40. The highest BCUT2D eigenvalue weighted by Crippen LogP contribution is 2.33. The number of carbonyl (C=O) groups is 1. The summed E-state index contributed by atoms with van der Waals surface area (Å²) >= 11 is 1.71. The van der Waals surface area contributed by atoms with Gasteiger partial charge in [-0.15, -0.1) is 10.2 Å². The molecule has 5 nitrogen and oxygen atoms in total. The SMILES string of the molecule is O=C(O)c1ccc(-c2nnc3sc4c(n23)CCC4)cc1. The van der Waals surface area contributed by atoms with Crippen molar-refractivity contribution < 1.29 is 9.90 Å². The molecule has 0 unspecified atom stereocenters. The molecule has 2 heterocycles. The average molecular weight is 285 g/mol. The van der Waals surface area contributed by atoms with E-state index in [9.17, 15) is 4.79 Å². The molecule has 0 atom stereocenters. The van der Waals surface area contributed by atoms with Crippen LogP contribution < -0.4 is 0 Å². The predicted octanol–water partition coefficient (Wildman–Crippen LogP) is 2.64. The first-order valence-electron chi connectivity index (χ1n) is 6.43. The number of hydrogen-bond donors (Lipinski definition) is 1. The fourth-order valence-electron chi connectivity index (χ4n) is 2.68. The molecule has 0 saturated heterocycles. The van der Waals surface area contributed by atoms with E-state index in [2.05, 4.69) is 14.6 Å². The second kappa shape index (κ2) is 4.14. The molecule has 0 saturated carbocycles. The second-order valence-electron chi connectivity index (χ2n) is 4.85. The standard InChI is InChI=1S/C14H11N3O2S/c18-13(19)9-6-4-8(5-7-9)12-15-16-14-17(12)10-2-1-3-11(10)20-14/h4-7H,1-3H2,(H,18,19). The van der Waals surface area contributed by atoms with Gasteiger partial charge in [-0.3, -0.25) is 4.40 Å². The Morgan fingerprint density at radius 3 is 2.75 bits per heavy atom. The minimum Gasteiger partial charge on any atom is -0.478 e. The summed E-state index contributed by atoms with van der Waals surface area (Å²) in [4.78, 5) is 13.2. The van der Waals surface area contributed by atoms with Crippen LogP contribution in [0.15, 0.2) is 24.3 Å². The van der Waals surface area contributed by atoms with Crippen molar-refractivity contribution >= 4 is 22.3 Å². The summed E-state index contributed by atoms with van der Waals surface area (Å²) in [5.74, 6) is -0.115. The molecule has 3 aromatic rings. The summed E-state index contributed by atoms with van der Waals surface area (Å²) in [5.41, 5.74) is 2.49. The van der Waals surface area contributed by atoms with Crippen molar-refractivity contribution in [3.63, 3.8) is 0 Å². The van der Waals surface area contributed by atoms with Gasteiger partial charge in [-0.1, -0.05) is 23.5 Å². The lowest BCUT2D eigenvalue weighted by Crippen LogP contribution is -1.97. The molecule has 1 aliphatic carbocycles. The molecule has 0 radical (unpaired) electrons. The largest absolute Gasteiger partial charge is 0.478 e. The number of carboxylic acids is 1. The molecule has 20 heavy (non-hydrogen) atoms. The van der Waals surface area contributed by atoms with Crippen LogP contribution in [0.5, 0.6) is 0 Å². The lowest BCUT2D eigenvalue weighted by Gasteiger charge is -2.01. The normalized spacial score (nSPS) is 13.8. The van der Waals surface area contributed by atoms with Gasteiger partial charge in [0, 0.05) is 16.1 Å². The molecule has 2 aromatic heterocycles. The molecule has 0 amide bonds. The van der Waals surface area contributed by atoms with Gasteiger partial charge in [0.25, 0.3) is 0 Å². The third-order valence-corrected chi connectivity index (χ3v) is 4.78. The van der Waals surface area contributed by atoms with Crippen LogP contribution in [0, 0.1) is 0 Å². The molecule has 1 aromatic carbocycles. The van der Waals surface area contributed by atoms with Gasteiger partial charge in [0.15, 0.2) is 5.82 Å². The predicted molar refractivity (Wildman–Crippen MR) is 75.3 cm³/mol. The maximum atomic E-state index is 10.9. The molecule has 0 aliphatic heterocycles. The van der Waals surface area contributed by atoms with Gasteiger partial charge in [0.05, 0.1) is 5.56 Å². The first-order chi connectivity index (χ1) is 9.74. The van der Waals surface area contributed by atoms with Crippen LogP contribution in [-0.2, 0) is 12.8 Å². The van der Waals surface area contributed by atoms with E-state index in [1.807, 2.05) is 0 Å². The van der Waals surface area contributed by atoms with Crippen molar-refractivity contribution in [3.05, 3.63) is 40.4 Å². The summed E-state index contributed by atoms with van der Waals surface area (Å²) in [5, 5.41) is 17.4. The Morgan fingerprint density at radius 2 is 2.00 bits per heavy atom. The number of thiazole rings is 1.